The lowest BCUT2D eigenvalue weighted by Crippen LogP contribution is -2.53. The number of hydrogen-bond acceptors (Lipinski definition) is 5. The van der Waals surface area contributed by atoms with Crippen molar-refractivity contribution in [2.45, 2.75) is 31.8 Å². The van der Waals surface area contributed by atoms with E-state index in [4.69, 9.17) is 16.3 Å². The summed E-state index contributed by atoms with van der Waals surface area (Å²) in [6, 6.07) is -1.51. The summed E-state index contributed by atoms with van der Waals surface area (Å²) in [5, 5.41) is 13.1. The predicted octanol–water partition coefficient (Wildman–Crippen LogP) is -1.74. The van der Waals surface area contributed by atoms with Gasteiger partial charge in [-0.3, -0.25) is 19.2 Å². The number of aliphatic imine (C=N–C) groups is 1. The number of hydrogen-bond donors (Lipinski definition) is 4. The third-order valence-electron chi connectivity index (χ3n) is 4.95. The maximum Gasteiger partial charge on any atom is 0.310 e. The number of fused-ring (bicyclic) bond motifs is 1. The Morgan fingerprint density at radius 3 is 2.46 bits per heavy atom. The fourth-order valence-electron chi connectivity index (χ4n) is 3.72. The summed E-state index contributed by atoms with van der Waals surface area (Å²) in [4.78, 5) is 44.8. The number of aliphatic carboxylic acids is 1. The van der Waals surface area contributed by atoms with Crippen molar-refractivity contribution in [2.75, 3.05) is 14.2 Å². The number of carboxylic acid groups (broad SMARTS) is 1. The number of carbonyl (C=O) groups excluding carboxylic acids is 2. The van der Waals surface area contributed by atoms with Crippen molar-refractivity contribution in [3.05, 3.63) is 0 Å². The first-order valence-electron chi connectivity index (χ1n) is 7.55. The second kappa shape index (κ2) is 6.27. The van der Waals surface area contributed by atoms with Gasteiger partial charge in [-0.15, -0.1) is 0 Å². The second-order valence-electron chi connectivity index (χ2n) is 6.38. The maximum absolute atomic E-state index is 12.6. The van der Waals surface area contributed by atoms with Crippen LogP contribution in [0.2, 0.25) is 0 Å². The van der Waals surface area contributed by atoms with Gasteiger partial charge in [0.2, 0.25) is 5.91 Å². The van der Waals surface area contributed by atoms with Crippen LogP contribution in [0, 0.1) is 17.3 Å². The van der Waals surface area contributed by atoms with E-state index in [1.165, 1.54) is 21.1 Å². The monoisotopic (exact) mass is 341 g/mol. The number of hydroxylamine groups is 2. The third-order valence-corrected chi connectivity index (χ3v) is 4.95. The number of nitrogens with zero attached hydrogens (tertiary/aromatic N) is 2. The molecule has 0 radical (unpaired) electrons. The molecule has 0 bridgehead atoms. The van der Waals surface area contributed by atoms with Gasteiger partial charge in [0, 0.05) is 19.9 Å². The normalized spacial score (nSPS) is 31.5. The number of nitrogens with two attached hydrogens (primary N) is 2. The van der Waals surface area contributed by atoms with Gasteiger partial charge in [-0.1, -0.05) is 0 Å². The minimum atomic E-state index is -0.968. The lowest BCUT2D eigenvalue weighted by atomic mass is 9.87. The highest BCUT2D eigenvalue weighted by atomic mass is 16.7. The molecular formula is C14H23N5O5. The van der Waals surface area contributed by atoms with E-state index in [1.54, 1.807) is 0 Å². The van der Waals surface area contributed by atoms with Crippen LogP contribution in [-0.4, -0.2) is 60.2 Å². The molecule has 2 fully saturated rings. The van der Waals surface area contributed by atoms with Crippen LogP contribution < -0.4 is 16.8 Å². The zero-order valence-electron chi connectivity index (χ0n) is 13.9. The van der Waals surface area contributed by atoms with E-state index in [-0.39, 0.29) is 18.3 Å². The van der Waals surface area contributed by atoms with Crippen molar-refractivity contribution < 1.29 is 24.3 Å². The fraction of sp³-hybridized carbons (Fsp3) is 0.714. The molecule has 0 spiro atoms. The Balaban J connectivity index is 2.36. The summed E-state index contributed by atoms with van der Waals surface area (Å²) in [7, 11) is 2.73. The quantitative estimate of drug-likeness (QED) is 0.253. The van der Waals surface area contributed by atoms with Gasteiger partial charge in [0.05, 0.1) is 18.6 Å². The van der Waals surface area contributed by atoms with Crippen LogP contribution in [0.15, 0.2) is 4.99 Å². The predicted molar refractivity (Wildman–Crippen MR) is 83.3 cm³/mol. The molecule has 0 aliphatic heterocycles. The zero-order valence-corrected chi connectivity index (χ0v) is 13.9. The van der Waals surface area contributed by atoms with Gasteiger partial charge in [0.25, 0.3) is 5.91 Å². The van der Waals surface area contributed by atoms with E-state index in [1.807, 2.05) is 0 Å². The van der Waals surface area contributed by atoms with E-state index in [9.17, 15) is 19.5 Å². The summed E-state index contributed by atoms with van der Waals surface area (Å²) in [6.07, 6.45) is 0.671. The number of rotatable bonds is 6. The second-order valence-corrected chi connectivity index (χ2v) is 6.38. The Morgan fingerprint density at radius 2 is 2.00 bits per heavy atom. The molecule has 2 aliphatic rings. The summed E-state index contributed by atoms with van der Waals surface area (Å²) in [5.74, 6) is -2.79. The lowest BCUT2D eigenvalue weighted by Gasteiger charge is -2.30. The Kier molecular flexibility index (Phi) is 4.70. The van der Waals surface area contributed by atoms with Crippen LogP contribution >= 0.6 is 0 Å². The minimum Gasteiger partial charge on any atom is -0.481 e. The molecule has 0 saturated heterocycles. The SMILES string of the molecule is CON(C)C(=O)C(NC(C)=O)[C@H]1C[C@@]2(C(=O)O)CC2[C@@H]1N=C(N)N. The van der Waals surface area contributed by atoms with Crippen LogP contribution in [0.1, 0.15) is 19.8 Å². The highest BCUT2D eigenvalue weighted by Gasteiger charge is 2.71. The fourth-order valence-corrected chi connectivity index (χ4v) is 3.72. The average molecular weight is 341 g/mol. The van der Waals surface area contributed by atoms with Crippen molar-refractivity contribution in [1.82, 2.24) is 10.4 Å². The molecule has 10 nitrogen and oxygen atoms in total. The van der Waals surface area contributed by atoms with Crippen LogP contribution in [0.3, 0.4) is 0 Å². The largest absolute Gasteiger partial charge is 0.481 e. The zero-order chi connectivity index (χ0) is 18.2. The smallest absolute Gasteiger partial charge is 0.310 e. The molecule has 2 amide bonds. The molecule has 0 heterocycles. The summed E-state index contributed by atoms with van der Waals surface area (Å²) in [6.45, 7) is 1.28. The van der Waals surface area contributed by atoms with Crippen LogP contribution in [0.25, 0.3) is 0 Å². The molecule has 2 rings (SSSR count). The van der Waals surface area contributed by atoms with Crippen molar-refractivity contribution in [1.29, 1.82) is 0 Å². The highest BCUT2D eigenvalue weighted by Crippen LogP contribution is 2.67. The first-order chi connectivity index (χ1) is 11.1. The van der Waals surface area contributed by atoms with Gasteiger partial charge in [-0.25, -0.2) is 10.1 Å². The molecule has 0 aromatic heterocycles. The number of nitrogens with one attached hydrogen (secondary N) is 1. The number of carbonyl (C=O) groups is 3. The average Bonchev–Trinajstić information content (AvgIpc) is 3.15. The molecule has 2 saturated carbocycles. The molecule has 6 N–H and O–H groups in total. The molecule has 24 heavy (non-hydrogen) atoms. The van der Waals surface area contributed by atoms with Gasteiger partial charge in [-0.05, 0) is 18.8 Å². The van der Waals surface area contributed by atoms with Crippen molar-refractivity contribution in [3.8, 4) is 0 Å². The van der Waals surface area contributed by atoms with E-state index in [0.29, 0.717) is 6.42 Å². The summed E-state index contributed by atoms with van der Waals surface area (Å²) < 4.78 is 0. The summed E-state index contributed by atoms with van der Waals surface area (Å²) >= 11 is 0. The van der Waals surface area contributed by atoms with Gasteiger partial charge in [0.1, 0.15) is 6.04 Å². The Morgan fingerprint density at radius 1 is 1.38 bits per heavy atom. The van der Waals surface area contributed by atoms with E-state index < -0.39 is 41.2 Å². The van der Waals surface area contributed by atoms with Crippen molar-refractivity contribution >= 4 is 23.7 Å². The van der Waals surface area contributed by atoms with Crippen LogP contribution in [0.4, 0.5) is 0 Å². The van der Waals surface area contributed by atoms with Gasteiger partial charge in [-0.2, -0.15) is 0 Å². The molecule has 134 valence electrons. The van der Waals surface area contributed by atoms with Gasteiger partial charge < -0.3 is 21.9 Å². The molecule has 0 aromatic carbocycles. The van der Waals surface area contributed by atoms with Crippen LogP contribution in [-0.2, 0) is 19.2 Å². The van der Waals surface area contributed by atoms with Crippen molar-refractivity contribution in [2.24, 2.45) is 33.7 Å². The standard InChI is InChI=1S/C14H23N5O5/c1-6(20)17-10(11(21)19(2)24-3)7-4-14(12(22)23)5-8(14)9(7)18-13(15)16/h7-10H,4-5H2,1-3H3,(H,17,20)(H,22,23)(H4,15,16,18)/t7-,8?,9+,10?,14+/m0/s1. The van der Waals surface area contributed by atoms with E-state index >= 15 is 0 Å². The molecule has 2 unspecified atom stereocenters. The third kappa shape index (κ3) is 3.01. The molecule has 5 atom stereocenters. The molecule has 10 heteroatoms. The first kappa shape index (κ1) is 18.0. The van der Waals surface area contributed by atoms with Gasteiger partial charge >= 0.3 is 5.97 Å². The Labute approximate surface area is 139 Å². The molecule has 2 aliphatic carbocycles. The Hall–Kier alpha value is -2.36. The molecular weight excluding hydrogens is 318 g/mol. The highest BCUT2D eigenvalue weighted by molar-refractivity contribution is 5.88. The minimum absolute atomic E-state index is 0.174. The number of carboxylic acids is 1. The maximum atomic E-state index is 12.6. The Bertz CT molecular complexity index is 590. The van der Waals surface area contributed by atoms with Crippen molar-refractivity contribution in [3.63, 3.8) is 0 Å². The summed E-state index contributed by atoms with van der Waals surface area (Å²) in [5.41, 5.74) is 10.0. The van der Waals surface area contributed by atoms with Crippen LogP contribution in [0.5, 0.6) is 0 Å². The topological polar surface area (TPSA) is 160 Å². The van der Waals surface area contributed by atoms with Gasteiger partial charge in [0.15, 0.2) is 5.96 Å². The molecule has 0 aromatic rings. The number of guanidine groups is 1. The lowest BCUT2D eigenvalue weighted by molar-refractivity contribution is -0.173. The van der Waals surface area contributed by atoms with E-state index in [2.05, 4.69) is 10.3 Å². The van der Waals surface area contributed by atoms with E-state index in [0.717, 1.165) is 5.06 Å². The number of likely N-dealkylation sites (N-methyl/N-ethyl adjacent to an activating group) is 1. The number of amides is 2. The first-order valence-corrected chi connectivity index (χ1v) is 7.55.